The van der Waals surface area contributed by atoms with Crippen molar-refractivity contribution in [2.45, 2.75) is 52.2 Å². The number of carboxylic acid groups (broad SMARTS) is 1. The standard InChI is InChI=1S/C22H26N2O5S/c1-13-10-23-18(30-13)14-5-15(19(25)26)7-16(6-14)28-17-8-22(9-17)11-24(12-22)20(27)29-21(2,3)4/h5-7,10,17H,8-9,11-12H2,1-4H3,(H,25,26). The van der Waals surface area contributed by atoms with Crippen LogP contribution in [0.3, 0.4) is 0 Å². The number of carbonyl (C=O) groups is 2. The fraction of sp³-hybridized carbons (Fsp3) is 0.500. The lowest BCUT2D eigenvalue weighted by Gasteiger charge is -2.58. The molecule has 160 valence electrons. The van der Waals surface area contributed by atoms with Gasteiger partial charge in [-0.2, -0.15) is 0 Å². The predicted molar refractivity (Wildman–Crippen MR) is 113 cm³/mol. The van der Waals surface area contributed by atoms with Crippen LogP contribution in [-0.4, -0.2) is 51.8 Å². The van der Waals surface area contributed by atoms with Gasteiger partial charge in [0.05, 0.1) is 5.56 Å². The zero-order chi connectivity index (χ0) is 21.7. The van der Waals surface area contributed by atoms with Crippen molar-refractivity contribution in [3.63, 3.8) is 0 Å². The first-order valence-corrected chi connectivity index (χ1v) is 10.8. The summed E-state index contributed by atoms with van der Waals surface area (Å²) in [7, 11) is 0. The molecule has 30 heavy (non-hydrogen) atoms. The molecule has 1 saturated heterocycles. The molecular weight excluding hydrogens is 404 g/mol. The van der Waals surface area contributed by atoms with Gasteiger partial charge >= 0.3 is 12.1 Å². The molecule has 1 amide bonds. The highest BCUT2D eigenvalue weighted by molar-refractivity contribution is 7.14. The number of benzene rings is 1. The van der Waals surface area contributed by atoms with E-state index >= 15 is 0 Å². The fourth-order valence-corrected chi connectivity index (χ4v) is 4.81. The maximum atomic E-state index is 12.1. The van der Waals surface area contributed by atoms with Gasteiger partial charge in [-0.05, 0) is 58.7 Å². The van der Waals surface area contributed by atoms with Crippen LogP contribution in [-0.2, 0) is 4.74 Å². The SMILES string of the molecule is Cc1cnc(-c2cc(OC3CC4(C3)CN(C(=O)OC(C)(C)C)C4)cc(C(=O)O)c2)s1. The molecule has 2 heterocycles. The molecule has 0 bridgehead atoms. The zero-order valence-electron chi connectivity index (χ0n) is 17.6. The number of nitrogens with zero attached hydrogens (tertiary/aromatic N) is 2. The monoisotopic (exact) mass is 430 g/mol. The van der Waals surface area contributed by atoms with Gasteiger partial charge in [0, 0.05) is 35.1 Å². The van der Waals surface area contributed by atoms with E-state index in [1.165, 1.54) is 11.3 Å². The molecule has 0 radical (unpaired) electrons. The van der Waals surface area contributed by atoms with Gasteiger partial charge in [0.1, 0.15) is 22.5 Å². The molecule has 1 spiro atoms. The largest absolute Gasteiger partial charge is 0.490 e. The lowest BCUT2D eigenvalue weighted by atomic mass is 9.62. The van der Waals surface area contributed by atoms with E-state index in [-0.39, 0.29) is 23.2 Å². The lowest BCUT2D eigenvalue weighted by Crippen LogP contribution is -2.66. The third kappa shape index (κ3) is 4.28. The number of aromatic carboxylic acids is 1. The summed E-state index contributed by atoms with van der Waals surface area (Å²) < 4.78 is 11.5. The Labute approximate surface area is 179 Å². The van der Waals surface area contributed by atoms with Crippen LogP contribution < -0.4 is 4.74 Å². The number of aryl methyl sites for hydroxylation is 1. The zero-order valence-corrected chi connectivity index (χ0v) is 18.4. The number of hydrogen-bond donors (Lipinski definition) is 1. The Bertz CT molecular complexity index is 980. The van der Waals surface area contributed by atoms with Gasteiger partial charge in [-0.3, -0.25) is 0 Å². The molecule has 1 aliphatic carbocycles. The second kappa shape index (κ2) is 7.27. The average molecular weight is 431 g/mol. The minimum atomic E-state index is -0.993. The van der Waals surface area contributed by atoms with Crippen LogP contribution in [0.2, 0.25) is 0 Å². The minimum absolute atomic E-state index is 0.0145. The first-order valence-electron chi connectivity index (χ1n) is 9.98. The Morgan fingerprint density at radius 2 is 1.93 bits per heavy atom. The molecule has 2 aromatic rings. The van der Waals surface area contributed by atoms with E-state index in [0.29, 0.717) is 18.8 Å². The fourth-order valence-electron chi connectivity index (χ4n) is 4.06. The van der Waals surface area contributed by atoms with Crippen molar-refractivity contribution in [2.24, 2.45) is 5.41 Å². The molecule has 2 aliphatic rings. The first-order chi connectivity index (χ1) is 14.0. The summed E-state index contributed by atoms with van der Waals surface area (Å²) in [5, 5.41) is 10.2. The Morgan fingerprint density at radius 3 is 2.50 bits per heavy atom. The Hall–Kier alpha value is -2.61. The molecule has 1 N–H and O–H groups in total. The van der Waals surface area contributed by atoms with E-state index in [0.717, 1.165) is 28.3 Å². The summed E-state index contributed by atoms with van der Waals surface area (Å²) >= 11 is 1.52. The Balaban J connectivity index is 1.38. The second-order valence-corrected chi connectivity index (χ2v) is 10.5. The number of carbonyl (C=O) groups excluding carboxylic acids is 1. The summed E-state index contributed by atoms with van der Waals surface area (Å²) in [5.41, 5.74) is 0.538. The van der Waals surface area contributed by atoms with Crippen molar-refractivity contribution in [3.8, 4) is 16.3 Å². The molecular formula is C22H26N2O5S. The highest BCUT2D eigenvalue weighted by Crippen LogP contribution is 2.50. The molecule has 8 heteroatoms. The quantitative estimate of drug-likeness (QED) is 0.763. The molecule has 1 saturated carbocycles. The van der Waals surface area contributed by atoms with Gasteiger partial charge in [-0.1, -0.05) is 0 Å². The van der Waals surface area contributed by atoms with Crippen molar-refractivity contribution in [1.82, 2.24) is 9.88 Å². The molecule has 1 aliphatic heterocycles. The number of hydrogen-bond acceptors (Lipinski definition) is 6. The van der Waals surface area contributed by atoms with E-state index in [4.69, 9.17) is 9.47 Å². The Kier molecular flexibility index (Phi) is 5.00. The summed E-state index contributed by atoms with van der Waals surface area (Å²) in [4.78, 5) is 30.8. The first kappa shape index (κ1) is 20.7. The van der Waals surface area contributed by atoms with Crippen molar-refractivity contribution in [3.05, 3.63) is 34.8 Å². The maximum Gasteiger partial charge on any atom is 0.410 e. The molecule has 1 aromatic carbocycles. The van der Waals surface area contributed by atoms with Crippen molar-refractivity contribution >= 4 is 23.4 Å². The van der Waals surface area contributed by atoms with Crippen LogP contribution in [0.4, 0.5) is 4.79 Å². The number of amides is 1. The van der Waals surface area contributed by atoms with E-state index in [9.17, 15) is 14.7 Å². The number of rotatable bonds is 4. The molecule has 7 nitrogen and oxygen atoms in total. The van der Waals surface area contributed by atoms with E-state index in [2.05, 4.69) is 4.98 Å². The summed E-state index contributed by atoms with van der Waals surface area (Å²) in [5.74, 6) is -0.451. The maximum absolute atomic E-state index is 12.1. The van der Waals surface area contributed by atoms with Crippen LogP contribution in [0, 0.1) is 12.3 Å². The number of thiazole rings is 1. The number of likely N-dealkylation sites (tertiary alicyclic amines) is 1. The van der Waals surface area contributed by atoms with E-state index in [1.807, 2.05) is 33.8 Å². The van der Waals surface area contributed by atoms with Crippen LogP contribution >= 0.6 is 11.3 Å². The van der Waals surface area contributed by atoms with E-state index in [1.54, 1.807) is 23.2 Å². The van der Waals surface area contributed by atoms with Gasteiger partial charge in [-0.25, -0.2) is 14.6 Å². The van der Waals surface area contributed by atoms with Crippen LogP contribution in [0.15, 0.2) is 24.4 Å². The van der Waals surface area contributed by atoms with Crippen LogP contribution in [0.5, 0.6) is 5.75 Å². The normalized spacial score (nSPS) is 17.9. The van der Waals surface area contributed by atoms with Gasteiger partial charge in [0.25, 0.3) is 0 Å². The van der Waals surface area contributed by atoms with Gasteiger partial charge in [0.2, 0.25) is 0 Å². The Morgan fingerprint density at radius 1 is 1.23 bits per heavy atom. The number of aromatic nitrogens is 1. The van der Waals surface area contributed by atoms with Gasteiger partial charge < -0.3 is 19.5 Å². The number of carboxylic acids is 1. The van der Waals surface area contributed by atoms with Crippen molar-refractivity contribution in [1.29, 1.82) is 0 Å². The molecule has 1 aromatic heterocycles. The number of ether oxygens (including phenoxy) is 2. The smallest absolute Gasteiger partial charge is 0.410 e. The highest BCUT2D eigenvalue weighted by atomic mass is 32.1. The van der Waals surface area contributed by atoms with E-state index < -0.39 is 11.6 Å². The second-order valence-electron chi connectivity index (χ2n) is 9.31. The van der Waals surface area contributed by atoms with Crippen molar-refractivity contribution < 1.29 is 24.2 Å². The van der Waals surface area contributed by atoms with Crippen LogP contribution in [0.1, 0.15) is 48.8 Å². The topological polar surface area (TPSA) is 89.0 Å². The summed E-state index contributed by atoms with van der Waals surface area (Å²) in [6.07, 6.45) is 3.21. The lowest BCUT2D eigenvalue weighted by molar-refractivity contribution is -0.116. The molecule has 0 unspecified atom stereocenters. The molecule has 0 atom stereocenters. The average Bonchev–Trinajstić information content (AvgIpc) is 3.00. The minimum Gasteiger partial charge on any atom is -0.490 e. The van der Waals surface area contributed by atoms with Gasteiger partial charge in [0.15, 0.2) is 0 Å². The summed E-state index contributed by atoms with van der Waals surface area (Å²) in [6, 6.07) is 5.04. The predicted octanol–water partition coefficient (Wildman–Crippen LogP) is 4.60. The summed E-state index contributed by atoms with van der Waals surface area (Å²) in [6.45, 7) is 8.91. The van der Waals surface area contributed by atoms with Crippen molar-refractivity contribution in [2.75, 3.05) is 13.1 Å². The molecule has 4 rings (SSSR count). The van der Waals surface area contributed by atoms with Crippen LogP contribution in [0.25, 0.3) is 10.6 Å². The van der Waals surface area contributed by atoms with Gasteiger partial charge in [-0.15, -0.1) is 11.3 Å². The third-order valence-electron chi connectivity index (χ3n) is 5.35. The third-order valence-corrected chi connectivity index (χ3v) is 6.31. The molecule has 2 fully saturated rings. The highest BCUT2D eigenvalue weighted by Gasteiger charge is 2.55.